The summed E-state index contributed by atoms with van der Waals surface area (Å²) in [6, 6.07) is 12.2. The van der Waals surface area contributed by atoms with Crippen LogP contribution in [0.15, 0.2) is 41.2 Å². The molecule has 3 N–H and O–H groups in total. The number of piperidine rings is 1. The summed E-state index contributed by atoms with van der Waals surface area (Å²) in [6.07, 6.45) is 3.56. The van der Waals surface area contributed by atoms with Gasteiger partial charge in [-0.25, -0.2) is 4.98 Å². The fraction of sp³-hybridized carbons (Fsp3) is 0.435. The maximum Gasteiger partial charge on any atom is 0.263 e. The topological polar surface area (TPSA) is 95.2 Å². The van der Waals surface area contributed by atoms with Crippen molar-refractivity contribution in [2.45, 2.75) is 25.3 Å². The molecule has 2 fully saturated rings. The van der Waals surface area contributed by atoms with E-state index in [4.69, 9.17) is 14.7 Å². The molecule has 5 rings (SSSR count). The van der Waals surface area contributed by atoms with Crippen molar-refractivity contribution in [3.63, 3.8) is 0 Å². The van der Waals surface area contributed by atoms with Crippen molar-refractivity contribution in [3.8, 4) is 11.3 Å². The number of morpholine rings is 1. The van der Waals surface area contributed by atoms with Crippen LogP contribution in [0.3, 0.4) is 0 Å². The first-order valence-corrected chi connectivity index (χ1v) is 11.1. The van der Waals surface area contributed by atoms with E-state index in [1.165, 1.54) is 12.8 Å². The highest BCUT2D eigenvalue weighted by Gasteiger charge is 2.21. The van der Waals surface area contributed by atoms with E-state index in [2.05, 4.69) is 20.5 Å². The van der Waals surface area contributed by atoms with Gasteiger partial charge in [-0.1, -0.05) is 30.7 Å². The Hall–Kier alpha value is -2.97. The second kappa shape index (κ2) is 9.03. The summed E-state index contributed by atoms with van der Waals surface area (Å²) < 4.78 is 5.45. The standard InChI is InChI=1S/C23H28N6O2/c30-22-20(19-9-8-16-5-1-2-7-18(16)26-19)21(25-15-17-6-3-4-10-24-17)27-23(28-22)29-11-13-31-14-12-29/h1-2,5,7-9,17,24H,3-4,6,10-15H2,(H2,25,27,28,30). The Balaban J connectivity index is 1.53. The van der Waals surface area contributed by atoms with Gasteiger partial charge in [-0.15, -0.1) is 0 Å². The first kappa shape index (κ1) is 20.0. The number of hydrogen-bond donors (Lipinski definition) is 3. The van der Waals surface area contributed by atoms with Gasteiger partial charge in [0.05, 0.1) is 24.4 Å². The van der Waals surface area contributed by atoms with Crippen LogP contribution in [-0.2, 0) is 4.74 Å². The average molecular weight is 421 g/mol. The molecule has 2 aliphatic heterocycles. The molecule has 1 atom stereocenters. The highest BCUT2D eigenvalue weighted by Crippen LogP contribution is 2.25. The lowest BCUT2D eigenvalue weighted by atomic mass is 10.0. The number of para-hydroxylation sites is 1. The van der Waals surface area contributed by atoms with Gasteiger partial charge in [0.25, 0.3) is 5.56 Å². The Morgan fingerprint density at radius 2 is 1.97 bits per heavy atom. The summed E-state index contributed by atoms with van der Waals surface area (Å²) in [5.74, 6) is 1.16. The fourth-order valence-corrected chi connectivity index (χ4v) is 4.28. The quantitative estimate of drug-likeness (QED) is 0.583. The molecule has 31 heavy (non-hydrogen) atoms. The molecule has 0 saturated carbocycles. The smallest absolute Gasteiger partial charge is 0.263 e. The van der Waals surface area contributed by atoms with Crippen LogP contribution in [0.4, 0.5) is 11.8 Å². The molecule has 0 bridgehead atoms. The molecule has 2 aliphatic rings. The molecule has 0 radical (unpaired) electrons. The molecule has 0 spiro atoms. The summed E-state index contributed by atoms with van der Waals surface area (Å²) in [5, 5.41) is 8.05. The predicted molar refractivity (Wildman–Crippen MR) is 123 cm³/mol. The number of benzene rings is 1. The van der Waals surface area contributed by atoms with Gasteiger partial charge in [-0.3, -0.25) is 9.78 Å². The third kappa shape index (κ3) is 4.40. The SMILES string of the molecule is O=c1[nH]c(N2CCOCC2)nc(NCC2CCCCN2)c1-c1ccc2ccccc2n1. The summed E-state index contributed by atoms with van der Waals surface area (Å²) >= 11 is 0. The molecule has 4 heterocycles. The van der Waals surface area contributed by atoms with Crippen LogP contribution in [0.5, 0.6) is 0 Å². The Kier molecular flexibility index (Phi) is 5.82. The van der Waals surface area contributed by atoms with Gasteiger partial charge in [0.2, 0.25) is 5.95 Å². The minimum absolute atomic E-state index is 0.182. The van der Waals surface area contributed by atoms with E-state index in [0.29, 0.717) is 55.4 Å². The Bertz CT molecular complexity index is 1100. The zero-order valence-corrected chi connectivity index (χ0v) is 17.6. The van der Waals surface area contributed by atoms with Crippen molar-refractivity contribution >= 4 is 22.7 Å². The van der Waals surface area contributed by atoms with Gasteiger partial charge in [0.15, 0.2) is 0 Å². The largest absolute Gasteiger partial charge is 0.378 e. The van der Waals surface area contributed by atoms with Crippen molar-refractivity contribution in [3.05, 3.63) is 46.8 Å². The number of fused-ring (bicyclic) bond motifs is 1. The van der Waals surface area contributed by atoms with E-state index < -0.39 is 0 Å². The third-order valence-corrected chi connectivity index (χ3v) is 6.00. The third-order valence-electron chi connectivity index (χ3n) is 6.00. The first-order valence-electron chi connectivity index (χ1n) is 11.1. The first-order chi connectivity index (χ1) is 15.3. The zero-order chi connectivity index (χ0) is 21.0. The van der Waals surface area contributed by atoms with Crippen LogP contribution in [0.2, 0.25) is 0 Å². The van der Waals surface area contributed by atoms with Crippen LogP contribution in [-0.4, -0.2) is 60.4 Å². The highest BCUT2D eigenvalue weighted by molar-refractivity contribution is 5.83. The molecule has 2 aromatic heterocycles. The second-order valence-corrected chi connectivity index (χ2v) is 8.13. The lowest BCUT2D eigenvalue weighted by Crippen LogP contribution is -2.40. The van der Waals surface area contributed by atoms with Crippen molar-refractivity contribution in [2.24, 2.45) is 0 Å². The molecule has 8 heteroatoms. The van der Waals surface area contributed by atoms with Crippen molar-refractivity contribution < 1.29 is 4.74 Å². The van der Waals surface area contributed by atoms with E-state index in [1.54, 1.807) is 0 Å². The molecule has 1 aromatic carbocycles. The highest BCUT2D eigenvalue weighted by atomic mass is 16.5. The van der Waals surface area contributed by atoms with Gasteiger partial charge in [-0.05, 0) is 31.5 Å². The van der Waals surface area contributed by atoms with Crippen LogP contribution in [0.25, 0.3) is 22.2 Å². The van der Waals surface area contributed by atoms with E-state index in [-0.39, 0.29) is 5.56 Å². The number of pyridine rings is 1. The molecule has 0 aliphatic carbocycles. The second-order valence-electron chi connectivity index (χ2n) is 8.13. The van der Waals surface area contributed by atoms with Crippen molar-refractivity contribution in [2.75, 3.05) is 49.6 Å². The van der Waals surface area contributed by atoms with Crippen LogP contribution in [0, 0.1) is 0 Å². The molecule has 8 nitrogen and oxygen atoms in total. The van der Waals surface area contributed by atoms with Crippen molar-refractivity contribution in [1.82, 2.24) is 20.3 Å². The molecular formula is C23H28N6O2. The fourth-order valence-electron chi connectivity index (χ4n) is 4.28. The maximum absolute atomic E-state index is 13.2. The number of H-pyrrole nitrogens is 1. The van der Waals surface area contributed by atoms with E-state index in [1.807, 2.05) is 36.4 Å². The van der Waals surface area contributed by atoms with Crippen LogP contribution >= 0.6 is 0 Å². The number of aromatic nitrogens is 3. The summed E-state index contributed by atoms with van der Waals surface area (Å²) in [5.41, 5.74) is 1.79. The number of rotatable bonds is 5. The molecule has 0 amide bonds. The normalized spacial score (nSPS) is 19.5. The van der Waals surface area contributed by atoms with Gasteiger partial charge in [0, 0.05) is 31.1 Å². The summed E-state index contributed by atoms with van der Waals surface area (Å²) in [6.45, 7) is 4.44. The van der Waals surface area contributed by atoms with E-state index in [9.17, 15) is 4.79 Å². The molecular weight excluding hydrogens is 392 g/mol. The monoisotopic (exact) mass is 420 g/mol. The molecule has 2 saturated heterocycles. The number of nitrogens with zero attached hydrogens (tertiary/aromatic N) is 3. The Labute approximate surface area is 181 Å². The molecule has 1 unspecified atom stereocenters. The summed E-state index contributed by atoms with van der Waals surface area (Å²) in [4.78, 5) is 27.9. The Morgan fingerprint density at radius 3 is 2.81 bits per heavy atom. The minimum atomic E-state index is -0.182. The van der Waals surface area contributed by atoms with Crippen LogP contribution < -0.4 is 21.1 Å². The number of anilines is 2. The number of nitrogens with one attached hydrogen (secondary N) is 3. The van der Waals surface area contributed by atoms with E-state index >= 15 is 0 Å². The average Bonchev–Trinajstić information content (AvgIpc) is 2.83. The molecule has 3 aromatic rings. The lowest BCUT2D eigenvalue weighted by molar-refractivity contribution is 0.122. The predicted octanol–water partition coefficient (Wildman–Crippen LogP) is 2.38. The van der Waals surface area contributed by atoms with Gasteiger partial charge >= 0.3 is 0 Å². The maximum atomic E-state index is 13.2. The number of ether oxygens (including phenoxy) is 1. The van der Waals surface area contributed by atoms with Gasteiger partial charge in [0.1, 0.15) is 11.4 Å². The molecule has 162 valence electrons. The van der Waals surface area contributed by atoms with Gasteiger partial charge in [-0.2, -0.15) is 4.98 Å². The minimum Gasteiger partial charge on any atom is -0.378 e. The van der Waals surface area contributed by atoms with E-state index in [0.717, 1.165) is 30.4 Å². The lowest BCUT2D eigenvalue weighted by Gasteiger charge is -2.28. The number of aromatic amines is 1. The van der Waals surface area contributed by atoms with Gasteiger partial charge < -0.3 is 20.3 Å². The van der Waals surface area contributed by atoms with Crippen LogP contribution in [0.1, 0.15) is 19.3 Å². The summed E-state index contributed by atoms with van der Waals surface area (Å²) in [7, 11) is 0. The number of hydrogen-bond acceptors (Lipinski definition) is 7. The zero-order valence-electron chi connectivity index (χ0n) is 17.6. The Morgan fingerprint density at radius 1 is 1.10 bits per heavy atom. The van der Waals surface area contributed by atoms with Crippen molar-refractivity contribution in [1.29, 1.82) is 0 Å².